The van der Waals surface area contributed by atoms with E-state index in [1.54, 1.807) is 29.2 Å². The predicted octanol–water partition coefficient (Wildman–Crippen LogP) is 0.419. The first kappa shape index (κ1) is 20.9. The second kappa shape index (κ2) is 10.1. The minimum absolute atomic E-state index is 0.00989. The number of amides is 3. The van der Waals surface area contributed by atoms with E-state index in [9.17, 15) is 14.4 Å². The molecule has 9 heteroatoms. The van der Waals surface area contributed by atoms with Gasteiger partial charge >= 0.3 is 0 Å². The molecule has 0 atom stereocenters. The van der Waals surface area contributed by atoms with Crippen molar-refractivity contribution in [1.82, 2.24) is 10.2 Å². The van der Waals surface area contributed by atoms with Crippen LogP contribution in [0.3, 0.4) is 0 Å². The average molecular weight is 420 g/mol. The van der Waals surface area contributed by atoms with Crippen LogP contribution in [0.1, 0.15) is 17.0 Å². The van der Waals surface area contributed by atoms with E-state index in [2.05, 4.69) is 10.6 Å². The molecule has 1 aliphatic rings. The molecule has 8 nitrogen and oxygen atoms in total. The number of hydrogen-bond acceptors (Lipinski definition) is 4. The minimum Gasteiger partial charge on any atom is -0.459 e. The molecule has 1 aromatic carbocycles. The molecular weight excluding hydrogens is 396 g/mol. The SMILES string of the molecule is O=C(C[NH+]1CCN(C(=O)CCNC(=O)c2ccco2)CC1)Nc1ccccc1Cl. The first-order valence-electron chi connectivity index (χ1n) is 9.50. The molecule has 0 radical (unpaired) electrons. The Morgan fingerprint density at radius 1 is 1.10 bits per heavy atom. The average Bonchev–Trinajstić information content (AvgIpc) is 3.25. The van der Waals surface area contributed by atoms with Gasteiger partial charge in [0.25, 0.3) is 11.8 Å². The second-order valence-electron chi connectivity index (χ2n) is 6.82. The van der Waals surface area contributed by atoms with Crippen molar-refractivity contribution in [3.05, 3.63) is 53.4 Å². The van der Waals surface area contributed by atoms with Crippen molar-refractivity contribution in [2.75, 3.05) is 44.6 Å². The number of furan rings is 1. The lowest BCUT2D eigenvalue weighted by Gasteiger charge is -2.32. The van der Waals surface area contributed by atoms with Crippen LogP contribution in [-0.2, 0) is 9.59 Å². The molecule has 2 heterocycles. The summed E-state index contributed by atoms with van der Waals surface area (Å²) in [6.45, 7) is 3.14. The third-order valence-electron chi connectivity index (χ3n) is 4.75. The quantitative estimate of drug-likeness (QED) is 0.606. The van der Waals surface area contributed by atoms with Crippen molar-refractivity contribution in [3.63, 3.8) is 0 Å². The molecule has 3 amide bonds. The highest BCUT2D eigenvalue weighted by atomic mass is 35.5. The fourth-order valence-corrected chi connectivity index (χ4v) is 3.35. The van der Waals surface area contributed by atoms with E-state index in [0.29, 0.717) is 43.4 Å². The largest absolute Gasteiger partial charge is 0.459 e. The van der Waals surface area contributed by atoms with Crippen molar-refractivity contribution in [2.24, 2.45) is 0 Å². The summed E-state index contributed by atoms with van der Waals surface area (Å²) in [7, 11) is 0. The Kier molecular flexibility index (Phi) is 7.26. The van der Waals surface area contributed by atoms with Crippen molar-refractivity contribution in [3.8, 4) is 0 Å². The Morgan fingerprint density at radius 2 is 1.86 bits per heavy atom. The Balaban J connectivity index is 1.35. The van der Waals surface area contributed by atoms with Gasteiger partial charge < -0.3 is 24.9 Å². The molecule has 0 aliphatic carbocycles. The fourth-order valence-electron chi connectivity index (χ4n) is 3.17. The number of nitrogens with zero attached hydrogens (tertiary/aromatic N) is 1. The summed E-state index contributed by atoms with van der Waals surface area (Å²) in [5.41, 5.74) is 0.601. The number of anilines is 1. The van der Waals surface area contributed by atoms with Crippen LogP contribution < -0.4 is 15.5 Å². The number of benzene rings is 1. The fraction of sp³-hybridized carbons (Fsp3) is 0.350. The van der Waals surface area contributed by atoms with Crippen molar-refractivity contribution in [2.45, 2.75) is 6.42 Å². The molecule has 29 heavy (non-hydrogen) atoms. The Bertz CT molecular complexity index is 848. The Hall–Kier alpha value is -2.84. The number of nitrogens with one attached hydrogen (secondary N) is 3. The monoisotopic (exact) mass is 419 g/mol. The van der Waals surface area contributed by atoms with Crippen molar-refractivity contribution in [1.29, 1.82) is 0 Å². The van der Waals surface area contributed by atoms with Gasteiger partial charge in [0.2, 0.25) is 5.91 Å². The van der Waals surface area contributed by atoms with Crippen LogP contribution in [-0.4, -0.2) is 61.9 Å². The molecule has 0 bridgehead atoms. The molecule has 1 saturated heterocycles. The molecule has 1 aliphatic heterocycles. The summed E-state index contributed by atoms with van der Waals surface area (Å²) >= 11 is 6.06. The van der Waals surface area contributed by atoms with E-state index < -0.39 is 0 Å². The van der Waals surface area contributed by atoms with Gasteiger partial charge in [0, 0.05) is 13.0 Å². The normalized spacial score (nSPS) is 14.4. The third-order valence-corrected chi connectivity index (χ3v) is 5.08. The van der Waals surface area contributed by atoms with E-state index >= 15 is 0 Å². The number of quaternary nitrogens is 1. The third kappa shape index (κ3) is 6.07. The Morgan fingerprint density at radius 3 is 2.55 bits per heavy atom. The number of para-hydroxylation sites is 1. The molecule has 3 rings (SSSR count). The van der Waals surface area contributed by atoms with Crippen LogP contribution >= 0.6 is 11.6 Å². The molecule has 0 unspecified atom stereocenters. The zero-order chi connectivity index (χ0) is 20.6. The summed E-state index contributed by atoms with van der Waals surface area (Å²) < 4.78 is 5.01. The molecule has 3 N–H and O–H groups in total. The van der Waals surface area contributed by atoms with Gasteiger partial charge in [-0.1, -0.05) is 23.7 Å². The summed E-state index contributed by atoms with van der Waals surface area (Å²) in [6.07, 6.45) is 1.66. The Labute approximate surface area is 173 Å². The van der Waals surface area contributed by atoms with Gasteiger partial charge in [0.1, 0.15) is 0 Å². The molecular formula is C20H24ClN4O4+. The lowest BCUT2D eigenvalue weighted by atomic mass is 10.2. The van der Waals surface area contributed by atoms with Gasteiger partial charge in [0.05, 0.1) is 43.2 Å². The van der Waals surface area contributed by atoms with Crippen molar-refractivity contribution < 1.29 is 23.7 Å². The summed E-state index contributed by atoms with van der Waals surface area (Å²) in [5, 5.41) is 5.99. The van der Waals surface area contributed by atoms with Gasteiger partial charge in [-0.3, -0.25) is 14.4 Å². The molecule has 1 fully saturated rings. The first-order chi connectivity index (χ1) is 14.0. The minimum atomic E-state index is -0.332. The summed E-state index contributed by atoms with van der Waals surface area (Å²) in [4.78, 5) is 39.2. The molecule has 1 aromatic heterocycles. The van der Waals surface area contributed by atoms with Crippen LogP contribution in [0.4, 0.5) is 5.69 Å². The van der Waals surface area contributed by atoms with Gasteiger partial charge in [-0.15, -0.1) is 0 Å². The lowest BCUT2D eigenvalue weighted by molar-refractivity contribution is -0.895. The zero-order valence-electron chi connectivity index (χ0n) is 15.9. The predicted molar refractivity (Wildman–Crippen MR) is 108 cm³/mol. The number of carbonyl (C=O) groups is 3. The molecule has 0 saturated carbocycles. The lowest BCUT2D eigenvalue weighted by Crippen LogP contribution is -3.15. The molecule has 154 valence electrons. The summed E-state index contributed by atoms with van der Waals surface area (Å²) in [6, 6.07) is 10.3. The van der Waals surface area contributed by atoms with Crippen LogP contribution in [0.5, 0.6) is 0 Å². The first-order valence-corrected chi connectivity index (χ1v) is 9.88. The van der Waals surface area contributed by atoms with E-state index in [1.807, 2.05) is 12.1 Å². The smallest absolute Gasteiger partial charge is 0.286 e. The molecule has 0 spiro atoms. The van der Waals surface area contributed by atoms with E-state index in [0.717, 1.165) is 4.90 Å². The second-order valence-corrected chi connectivity index (χ2v) is 7.23. The highest BCUT2D eigenvalue weighted by Crippen LogP contribution is 2.19. The van der Waals surface area contributed by atoms with Crippen LogP contribution in [0.15, 0.2) is 47.1 Å². The van der Waals surface area contributed by atoms with Crippen LogP contribution in [0, 0.1) is 0 Å². The highest BCUT2D eigenvalue weighted by molar-refractivity contribution is 6.33. The van der Waals surface area contributed by atoms with Crippen LogP contribution in [0.2, 0.25) is 5.02 Å². The highest BCUT2D eigenvalue weighted by Gasteiger charge is 2.25. The summed E-state index contributed by atoms with van der Waals surface area (Å²) in [5.74, 6) is -0.218. The zero-order valence-corrected chi connectivity index (χ0v) is 16.7. The standard InChI is InChI=1S/C20H23ClN4O4/c21-15-4-1-2-5-16(15)23-18(26)14-24-9-11-25(12-10-24)19(27)7-8-22-20(28)17-6-3-13-29-17/h1-6,13H,7-12,14H2,(H,22,28)(H,23,26)/p+1. The van der Waals surface area contributed by atoms with Gasteiger partial charge in [0.15, 0.2) is 12.3 Å². The van der Waals surface area contributed by atoms with E-state index in [4.69, 9.17) is 16.0 Å². The van der Waals surface area contributed by atoms with E-state index in [-0.39, 0.29) is 36.4 Å². The maximum Gasteiger partial charge on any atom is 0.286 e. The topological polar surface area (TPSA) is 96.1 Å². The number of hydrogen-bond donors (Lipinski definition) is 3. The number of rotatable bonds is 7. The maximum absolute atomic E-state index is 12.3. The number of halogens is 1. The number of carbonyl (C=O) groups excluding carboxylic acids is 3. The van der Waals surface area contributed by atoms with Crippen LogP contribution in [0.25, 0.3) is 0 Å². The maximum atomic E-state index is 12.3. The van der Waals surface area contributed by atoms with Gasteiger partial charge in [-0.05, 0) is 24.3 Å². The number of piperazine rings is 1. The van der Waals surface area contributed by atoms with Gasteiger partial charge in [-0.2, -0.15) is 0 Å². The van der Waals surface area contributed by atoms with Gasteiger partial charge in [-0.25, -0.2) is 0 Å². The van der Waals surface area contributed by atoms with E-state index in [1.165, 1.54) is 6.26 Å². The molecule has 2 aromatic rings. The van der Waals surface area contributed by atoms with Crippen molar-refractivity contribution >= 4 is 35.0 Å².